The number of carbonyl (C=O) groups is 2. The van der Waals surface area contributed by atoms with E-state index >= 15 is 0 Å². The van der Waals surface area contributed by atoms with Crippen LogP contribution in [0.2, 0.25) is 0 Å². The quantitative estimate of drug-likeness (QED) is 0.815. The number of primary amides is 1. The molecule has 2 N–H and O–H groups in total. The van der Waals surface area contributed by atoms with Gasteiger partial charge in [0.15, 0.2) is 0 Å². The van der Waals surface area contributed by atoms with Crippen LogP contribution in [0.3, 0.4) is 0 Å². The van der Waals surface area contributed by atoms with Gasteiger partial charge in [0.25, 0.3) is 0 Å². The number of amides is 2. The minimum atomic E-state index is -0.557. The van der Waals surface area contributed by atoms with Crippen molar-refractivity contribution in [1.82, 2.24) is 4.90 Å². The van der Waals surface area contributed by atoms with Crippen molar-refractivity contribution in [3.05, 3.63) is 47.0 Å². The summed E-state index contributed by atoms with van der Waals surface area (Å²) in [6.45, 7) is 4.15. The molecular weight excluding hydrogens is 240 g/mol. The lowest BCUT2D eigenvalue weighted by Crippen LogP contribution is -2.50. The van der Waals surface area contributed by atoms with Crippen LogP contribution >= 0.6 is 0 Å². The number of benzene rings is 1. The van der Waals surface area contributed by atoms with Crippen molar-refractivity contribution in [1.29, 1.82) is 0 Å². The van der Waals surface area contributed by atoms with Gasteiger partial charge in [-0.2, -0.15) is 0 Å². The Labute approximate surface area is 112 Å². The van der Waals surface area contributed by atoms with Gasteiger partial charge in [-0.1, -0.05) is 29.8 Å². The second-order valence-corrected chi connectivity index (χ2v) is 5.08. The highest BCUT2D eigenvalue weighted by Gasteiger charge is 2.32. The van der Waals surface area contributed by atoms with Gasteiger partial charge >= 0.3 is 0 Å². The van der Waals surface area contributed by atoms with Gasteiger partial charge in [0.2, 0.25) is 11.8 Å². The summed E-state index contributed by atoms with van der Waals surface area (Å²) in [6.07, 6.45) is 2.04. The molecule has 0 aliphatic carbocycles. The van der Waals surface area contributed by atoms with E-state index in [1.165, 1.54) is 0 Å². The first-order chi connectivity index (χ1) is 8.99. The van der Waals surface area contributed by atoms with Crippen molar-refractivity contribution in [2.75, 3.05) is 0 Å². The summed E-state index contributed by atoms with van der Waals surface area (Å²) in [5.41, 5.74) is 8.51. The number of nitrogens with zero attached hydrogens (tertiary/aromatic N) is 1. The van der Waals surface area contributed by atoms with E-state index in [0.29, 0.717) is 13.0 Å². The second kappa shape index (κ2) is 5.26. The fourth-order valence-electron chi connectivity index (χ4n) is 2.34. The summed E-state index contributed by atoms with van der Waals surface area (Å²) in [5, 5.41) is 0. The highest BCUT2D eigenvalue weighted by molar-refractivity contribution is 5.93. The zero-order chi connectivity index (χ0) is 14.0. The summed E-state index contributed by atoms with van der Waals surface area (Å²) in [5.74, 6) is -0.608. The molecule has 1 atom stereocenters. The lowest BCUT2D eigenvalue weighted by atomic mass is 9.93. The van der Waals surface area contributed by atoms with Crippen molar-refractivity contribution in [3.8, 4) is 0 Å². The van der Waals surface area contributed by atoms with Crippen molar-refractivity contribution in [2.24, 2.45) is 5.73 Å². The van der Waals surface area contributed by atoms with Gasteiger partial charge in [-0.05, 0) is 25.0 Å². The first-order valence-electron chi connectivity index (χ1n) is 6.30. The predicted octanol–water partition coefficient (Wildman–Crippen LogP) is 1.39. The van der Waals surface area contributed by atoms with Crippen LogP contribution in [0.4, 0.5) is 0 Å². The zero-order valence-corrected chi connectivity index (χ0v) is 11.2. The fourth-order valence-corrected chi connectivity index (χ4v) is 2.34. The molecule has 0 spiro atoms. The Morgan fingerprint density at radius 3 is 2.47 bits per heavy atom. The molecule has 100 valence electrons. The maximum atomic E-state index is 12.2. The number of carbonyl (C=O) groups excluding carboxylic acids is 2. The van der Waals surface area contributed by atoms with E-state index in [1.54, 1.807) is 11.0 Å². The van der Waals surface area contributed by atoms with Gasteiger partial charge in [0.1, 0.15) is 6.04 Å². The minimum absolute atomic E-state index is 0.154. The summed E-state index contributed by atoms with van der Waals surface area (Å²) in [7, 11) is 0. The molecule has 1 aromatic carbocycles. The third-order valence-electron chi connectivity index (χ3n) is 3.27. The van der Waals surface area contributed by atoms with E-state index in [9.17, 15) is 9.59 Å². The molecule has 1 heterocycles. The normalized spacial score (nSPS) is 17.6. The van der Waals surface area contributed by atoms with Crippen molar-refractivity contribution in [3.63, 3.8) is 0 Å². The first-order valence-corrected chi connectivity index (χ1v) is 6.30. The Bertz CT molecular complexity index is 545. The van der Waals surface area contributed by atoms with Crippen LogP contribution in [-0.2, 0) is 22.6 Å². The van der Waals surface area contributed by atoms with Gasteiger partial charge in [0.05, 0.1) is 0 Å². The van der Waals surface area contributed by atoms with Crippen molar-refractivity contribution in [2.45, 2.75) is 32.9 Å². The number of fused-ring (bicyclic) bond motifs is 1. The molecule has 0 radical (unpaired) electrons. The molecule has 2 amide bonds. The molecule has 0 aromatic heterocycles. The number of nitrogens with two attached hydrogens (primary N) is 1. The molecule has 4 nitrogen and oxygen atoms in total. The van der Waals surface area contributed by atoms with E-state index in [4.69, 9.17) is 5.73 Å². The molecular formula is C15H18N2O2. The number of hydrogen-bond donors (Lipinski definition) is 1. The molecule has 0 saturated carbocycles. The Morgan fingerprint density at radius 2 is 1.89 bits per heavy atom. The highest BCUT2D eigenvalue weighted by Crippen LogP contribution is 2.23. The Balaban J connectivity index is 2.34. The summed E-state index contributed by atoms with van der Waals surface area (Å²) < 4.78 is 0. The topological polar surface area (TPSA) is 63.4 Å². The highest BCUT2D eigenvalue weighted by atomic mass is 16.2. The van der Waals surface area contributed by atoms with Crippen molar-refractivity contribution >= 4 is 11.8 Å². The molecule has 0 fully saturated rings. The van der Waals surface area contributed by atoms with Crippen LogP contribution in [0, 0.1) is 0 Å². The molecule has 4 heteroatoms. The Hall–Kier alpha value is -2.10. The fraction of sp³-hybridized carbons (Fsp3) is 0.333. The molecule has 0 unspecified atom stereocenters. The molecule has 1 aliphatic rings. The Kier molecular flexibility index (Phi) is 3.69. The van der Waals surface area contributed by atoms with E-state index in [2.05, 4.69) is 0 Å². The predicted molar refractivity (Wildman–Crippen MR) is 73.1 cm³/mol. The summed E-state index contributed by atoms with van der Waals surface area (Å²) in [4.78, 5) is 25.3. The van der Waals surface area contributed by atoms with Crippen LogP contribution in [-0.4, -0.2) is 22.8 Å². The monoisotopic (exact) mass is 258 g/mol. The van der Waals surface area contributed by atoms with E-state index < -0.39 is 11.9 Å². The average molecular weight is 258 g/mol. The van der Waals surface area contributed by atoms with E-state index in [-0.39, 0.29) is 5.91 Å². The largest absolute Gasteiger partial charge is 0.368 e. The van der Waals surface area contributed by atoms with Gasteiger partial charge < -0.3 is 10.6 Å². The van der Waals surface area contributed by atoms with Crippen molar-refractivity contribution < 1.29 is 9.59 Å². The molecule has 1 aromatic rings. The standard InChI is InChI=1S/C15H18N2O2/c1-10(2)7-14(18)17-9-12-6-4-3-5-11(12)8-13(17)15(16)19/h3-7,13H,8-9H2,1-2H3,(H2,16,19)/t13-/m0/s1. The molecule has 2 rings (SSSR count). The van der Waals surface area contributed by atoms with Crippen LogP contribution in [0.15, 0.2) is 35.9 Å². The van der Waals surface area contributed by atoms with E-state index in [0.717, 1.165) is 16.7 Å². The average Bonchev–Trinajstić information content (AvgIpc) is 2.36. The van der Waals surface area contributed by atoms with Gasteiger partial charge in [0, 0.05) is 19.0 Å². The zero-order valence-electron chi connectivity index (χ0n) is 11.2. The van der Waals surface area contributed by atoms with E-state index in [1.807, 2.05) is 38.1 Å². The first kappa shape index (κ1) is 13.3. The molecule has 0 bridgehead atoms. The Morgan fingerprint density at radius 1 is 1.26 bits per heavy atom. The second-order valence-electron chi connectivity index (χ2n) is 5.08. The SMILES string of the molecule is CC(C)=CC(=O)N1Cc2ccccc2C[C@H]1C(N)=O. The maximum absolute atomic E-state index is 12.2. The molecule has 0 saturated heterocycles. The summed E-state index contributed by atoms with van der Waals surface area (Å²) in [6, 6.07) is 7.28. The third-order valence-corrected chi connectivity index (χ3v) is 3.27. The van der Waals surface area contributed by atoms with Gasteiger partial charge in [-0.15, -0.1) is 0 Å². The lowest BCUT2D eigenvalue weighted by molar-refractivity contribution is -0.136. The van der Waals surface area contributed by atoms with Crippen LogP contribution < -0.4 is 5.73 Å². The lowest BCUT2D eigenvalue weighted by Gasteiger charge is -2.34. The third kappa shape index (κ3) is 2.84. The molecule has 1 aliphatic heterocycles. The van der Waals surface area contributed by atoms with Crippen LogP contribution in [0.25, 0.3) is 0 Å². The smallest absolute Gasteiger partial charge is 0.247 e. The van der Waals surface area contributed by atoms with Crippen LogP contribution in [0.1, 0.15) is 25.0 Å². The summed E-state index contributed by atoms with van der Waals surface area (Å²) >= 11 is 0. The molecule has 19 heavy (non-hydrogen) atoms. The van der Waals surface area contributed by atoms with Gasteiger partial charge in [-0.25, -0.2) is 0 Å². The van der Waals surface area contributed by atoms with Gasteiger partial charge in [-0.3, -0.25) is 9.59 Å². The number of rotatable bonds is 2. The maximum Gasteiger partial charge on any atom is 0.247 e. The number of allylic oxidation sites excluding steroid dienone is 1. The minimum Gasteiger partial charge on any atom is -0.368 e. The van der Waals surface area contributed by atoms with Crippen LogP contribution in [0.5, 0.6) is 0 Å². The number of hydrogen-bond acceptors (Lipinski definition) is 2.